The highest BCUT2D eigenvalue weighted by atomic mass is 32.1. The average Bonchev–Trinajstić information content (AvgIpc) is 2.61. The Kier molecular flexibility index (Phi) is 11.2. The fraction of sp³-hybridized carbons (Fsp3) is 0.688. The van der Waals surface area contributed by atoms with Crippen LogP contribution in [0, 0.1) is 5.92 Å². The highest BCUT2D eigenvalue weighted by Crippen LogP contribution is 2.10. The van der Waals surface area contributed by atoms with E-state index < -0.39 is 66.2 Å². The van der Waals surface area contributed by atoms with Crippen LogP contribution < -0.4 is 21.7 Å². The average molecular weight is 420 g/mol. The largest absolute Gasteiger partial charge is 0.481 e. The number of carbonyl (C=O) groups is 5. The third-order valence-corrected chi connectivity index (χ3v) is 4.38. The molecule has 0 aliphatic carbocycles. The minimum absolute atomic E-state index is 0.0596. The molecule has 0 heterocycles. The quantitative estimate of drug-likeness (QED) is 0.182. The lowest BCUT2D eigenvalue weighted by molar-refractivity contribution is -0.147. The van der Waals surface area contributed by atoms with Crippen molar-refractivity contribution in [3.05, 3.63) is 0 Å². The minimum atomic E-state index is -1.65. The van der Waals surface area contributed by atoms with Crippen molar-refractivity contribution in [1.82, 2.24) is 16.0 Å². The van der Waals surface area contributed by atoms with Crippen LogP contribution in [0.4, 0.5) is 0 Å². The molecule has 0 rings (SSSR count). The number of carboxylic acids is 2. The molecule has 0 bridgehead atoms. The smallest absolute Gasteiger partial charge is 0.326 e. The van der Waals surface area contributed by atoms with Crippen LogP contribution in [0.5, 0.6) is 0 Å². The van der Waals surface area contributed by atoms with Crippen LogP contribution in [0.25, 0.3) is 0 Å². The van der Waals surface area contributed by atoms with Gasteiger partial charge in [-0.25, -0.2) is 4.79 Å². The van der Waals surface area contributed by atoms with Gasteiger partial charge in [-0.3, -0.25) is 19.2 Å². The predicted molar refractivity (Wildman–Crippen MR) is 103 cm³/mol. The third kappa shape index (κ3) is 8.57. The number of hydrogen-bond acceptors (Lipinski definition) is 7. The number of carboxylic acid groups (broad SMARTS) is 2. The van der Waals surface area contributed by atoms with Crippen molar-refractivity contribution in [1.29, 1.82) is 0 Å². The van der Waals surface area contributed by atoms with Crippen LogP contribution in [0.1, 0.15) is 33.6 Å². The van der Waals surface area contributed by atoms with Crippen LogP contribution >= 0.6 is 12.6 Å². The Balaban J connectivity index is 5.32. The standard InChI is InChI=1S/C16H28N4O7S/c1-4-7(2)12(15(25)18-9(16(26)27)5-11(21)22)20-14(24)10(6-28)19-13(23)8(3)17/h7-10,12,28H,4-6,17H2,1-3H3,(H,18,25)(H,19,23)(H,20,24)(H,21,22)(H,26,27). The van der Waals surface area contributed by atoms with Crippen molar-refractivity contribution >= 4 is 42.3 Å². The van der Waals surface area contributed by atoms with Gasteiger partial charge in [-0.15, -0.1) is 0 Å². The summed E-state index contributed by atoms with van der Waals surface area (Å²) in [5.74, 6) is -5.48. The molecule has 7 N–H and O–H groups in total. The zero-order valence-corrected chi connectivity index (χ0v) is 16.9. The van der Waals surface area contributed by atoms with Gasteiger partial charge in [0.2, 0.25) is 17.7 Å². The maximum absolute atomic E-state index is 12.5. The predicted octanol–water partition coefficient (Wildman–Crippen LogP) is -1.68. The first-order chi connectivity index (χ1) is 12.9. The Bertz CT molecular complexity index is 600. The lowest BCUT2D eigenvalue weighted by atomic mass is 9.97. The summed E-state index contributed by atoms with van der Waals surface area (Å²) in [6.07, 6.45) is -0.348. The fourth-order valence-corrected chi connectivity index (χ4v) is 2.35. The van der Waals surface area contributed by atoms with E-state index in [4.69, 9.17) is 15.9 Å². The molecule has 160 valence electrons. The van der Waals surface area contributed by atoms with E-state index in [1.54, 1.807) is 13.8 Å². The molecule has 0 aromatic carbocycles. The van der Waals surface area contributed by atoms with Gasteiger partial charge in [0.05, 0.1) is 12.5 Å². The molecule has 12 heteroatoms. The van der Waals surface area contributed by atoms with Crippen molar-refractivity contribution < 1.29 is 34.2 Å². The summed E-state index contributed by atoms with van der Waals surface area (Å²) in [5.41, 5.74) is 5.44. The van der Waals surface area contributed by atoms with Crippen LogP contribution in [-0.4, -0.2) is 69.8 Å². The monoisotopic (exact) mass is 420 g/mol. The summed E-state index contributed by atoms with van der Waals surface area (Å²) < 4.78 is 0. The van der Waals surface area contributed by atoms with Crippen molar-refractivity contribution in [3.8, 4) is 0 Å². The molecule has 0 fully saturated rings. The lowest BCUT2D eigenvalue weighted by Gasteiger charge is -2.27. The molecular weight excluding hydrogens is 392 g/mol. The number of hydrogen-bond donors (Lipinski definition) is 7. The normalized spacial score (nSPS) is 16.0. The first-order valence-electron chi connectivity index (χ1n) is 8.66. The maximum Gasteiger partial charge on any atom is 0.326 e. The number of carbonyl (C=O) groups excluding carboxylic acids is 3. The molecular formula is C16H28N4O7S. The summed E-state index contributed by atoms with van der Waals surface area (Å²) >= 11 is 4.01. The first-order valence-corrected chi connectivity index (χ1v) is 9.29. The Morgan fingerprint density at radius 1 is 0.929 bits per heavy atom. The molecule has 0 saturated carbocycles. The van der Waals surface area contributed by atoms with E-state index in [0.29, 0.717) is 6.42 Å². The van der Waals surface area contributed by atoms with Gasteiger partial charge in [-0.2, -0.15) is 12.6 Å². The summed E-state index contributed by atoms with van der Waals surface area (Å²) in [7, 11) is 0. The van der Waals surface area contributed by atoms with Gasteiger partial charge in [-0.1, -0.05) is 20.3 Å². The molecule has 11 nitrogen and oxygen atoms in total. The van der Waals surface area contributed by atoms with E-state index in [2.05, 4.69) is 28.6 Å². The van der Waals surface area contributed by atoms with Crippen LogP contribution in [-0.2, 0) is 24.0 Å². The van der Waals surface area contributed by atoms with E-state index in [1.807, 2.05) is 0 Å². The molecule has 0 radical (unpaired) electrons. The molecule has 0 spiro atoms. The first kappa shape index (κ1) is 25.7. The van der Waals surface area contributed by atoms with E-state index in [1.165, 1.54) is 6.92 Å². The van der Waals surface area contributed by atoms with Gasteiger partial charge in [0.1, 0.15) is 18.1 Å². The fourth-order valence-electron chi connectivity index (χ4n) is 2.09. The molecule has 0 aromatic heterocycles. The van der Waals surface area contributed by atoms with E-state index in [-0.39, 0.29) is 5.75 Å². The Morgan fingerprint density at radius 3 is 1.86 bits per heavy atom. The zero-order chi connectivity index (χ0) is 22.0. The minimum Gasteiger partial charge on any atom is -0.481 e. The SMILES string of the molecule is CCC(C)C(NC(=O)C(CS)NC(=O)C(C)N)C(=O)NC(CC(=O)O)C(=O)O. The Morgan fingerprint density at radius 2 is 1.46 bits per heavy atom. The molecule has 0 saturated heterocycles. The topological polar surface area (TPSA) is 188 Å². The van der Waals surface area contributed by atoms with E-state index in [0.717, 1.165) is 0 Å². The Hall–Kier alpha value is -2.34. The van der Waals surface area contributed by atoms with Crippen molar-refractivity contribution in [2.45, 2.75) is 57.8 Å². The molecule has 3 amide bonds. The Labute approximate surface area is 168 Å². The van der Waals surface area contributed by atoms with Gasteiger partial charge in [-0.05, 0) is 12.8 Å². The lowest BCUT2D eigenvalue weighted by Crippen LogP contribution is -2.59. The van der Waals surface area contributed by atoms with Gasteiger partial charge in [0, 0.05) is 5.75 Å². The summed E-state index contributed by atoms with van der Waals surface area (Å²) in [6.45, 7) is 4.86. The summed E-state index contributed by atoms with van der Waals surface area (Å²) in [5, 5.41) is 24.8. The highest BCUT2D eigenvalue weighted by Gasteiger charge is 2.32. The van der Waals surface area contributed by atoms with E-state index >= 15 is 0 Å². The highest BCUT2D eigenvalue weighted by molar-refractivity contribution is 7.80. The second-order valence-corrected chi connectivity index (χ2v) is 6.77. The number of thiol groups is 1. The second-order valence-electron chi connectivity index (χ2n) is 6.40. The molecule has 0 aliphatic rings. The van der Waals surface area contributed by atoms with Crippen molar-refractivity contribution in [2.75, 3.05) is 5.75 Å². The molecule has 28 heavy (non-hydrogen) atoms. The van der Waals surface area contributed by atoms with Gasteiger partial charge in [0.15, 0.2) is 0 Å². The van der Waals surface area contributed by atoms with Crippen molar-refractivity contribution in [2.24, 2.45) is 11.7 Å². The van der Waals surface area contributed by atoms with Crippen molar-refractivity contribution in [3.63, 3.8) is 0 Å². The number of nitrogens with two attached hydrogens (primary N) is 1. The second kappa shape index (κ2) is 12.2. The summed E-state index contributed by atoms with van der Waals surface area (Å²) in [6, 6.07) is -4.69. The number of amides is 3. The van der Waals surface area contributed by atoms with E-state index in [9.17, 15) is 24.0 Å². The molecule has 0 aliphatic heterocycles. The number of rotatable bonds is 12. The molecule has 0 aromatic rings. The number of aliphatic carboxylic acids is 2. The molecule has 5 unspecified atom stereocenters. The van der Waals surface area contributed by atoms with Gasteiger partial charge >= 0.3 is 11.9 Å². The van der Waals surface area contributed by atoms with Crippen LogP contribution in [0.3, 0.4) is 0 Å². The zero-order valence-electron chi connectivity index (χ0n) is 16.0. The van der Waals surface area contributed by atoms with Gasteiger partial charge in [0.25, 0.3) is 0 Å². The number of nitrogens with one attached hydrogen (secondary N) is 3. The maximum atomic E-state index is 12.5. The summed E-state index contributed by atoms with van der Waals surface area (Å²) in [4.78, 5) is 58.6. The van der Waals surface area contributed by atoms with Crippen LogP contribution in [0.15, 0.2) is 0 Å². The van der Waals surface area contributed by atoms with Crippen LogP contribution in [0.2, 0.25) is 0 Å². The van der Waals surface area contributed by atoms with Gasteiger partial charge < -0.3 is 31.9 Å². The molecule has 5 atom stereocenters. The third-order valence-electron chi connectivity index (χ3n) is 4.02.